The van der Waals surface area contributed by atoms with Gasteiger partial charge in [-0.3, -0.25) is 4.79 Å². The summed E-state index contributed by atoms with van der Waals surface area (Å²) in [5.41, 5.74) is 1.15. The van der Waals surface area contributed by atoms with Crippen LogP contribution < -0.4 is 10.1 Å². The molecule has 3 rings (SSSR count). The van der Waals surface area contributed by atoms with Crippen LogP contribution in [0, 0.1) is 0 Å². The van der Waals surface area contributed by atoms with Gasteiger partial charge in [0.05, 0.1) is 25.0 Å². The average Bonchev–Trinajstić information content (AvgIpc) is 3.32. The molecule has 0 radical (unpaired) electrons. The summed E-state index contributed by atoms with van der Waals surface area (Å²) in [5.74, 6) is 0.198. The van der Waals surface area contributed by atoms with Gasteiger partial charge in [0.1, 0.15) is 0 Å². The molecule has 2 aromatic heterocycles. The molecule has 0 aliphatic heterocycles. The zero-order chi connectivity index (χ0) is 18.5. The second-order valence-corrected chi connectivity index (χ2v) is 7.01. The van der Waals surface area contributed by atoms with Gasteiger partial charge in [0, 0.05) is 11.4 Å². The average molecular weight is 370 g/mol. The van der Waals surface area contributed by atoms with Crippen LogP contribution in [0.2, 0.25) is 0 Å². The molecule has 1 aromatic carbocycles. The van der Waals surface area contributed by atoms with Crippen molar-refractivity contribution in [3.05, 3.63) is 64.6 Å². The van der Waals surface area contributed by atoms with Gasteiger partial charge in [-0.05, 0) is 37.7 Å². The van der Waals surface area contributed by atoms with Crippen molar-refractivity contribution < 1.29 is 9.53 Å². The molecule has 26 heavy (non-hydrogen) atoms. The number of methoxy groups -OCH3 is 1. The van der Waals surface area contributed by atoms with E-state index in [0.717, 1.165) is 5.69 Å². The van der Waals surface area contributed by atoms with Crippen LogP contribution in [-0.4, -0.2) is 48.3 Å². The van der Waals surface area contributed by atoms with Crippen molar-refractivity contribution in [3.8, 4) is 11.4 Å². The van der Waals surface area contributed by atoms with Crippen LogP contribution in [0.25, 0.3) is 5.69 Å². The highest BCUT2D eigenvalue weighted by atomic mass is 32.1. The second kappa shape index (κ2) is 8.16. The quantitative estimate of drug-likeness (QED) is 0.695. The molecule has 0 saturated carbocycles. The van der Waals surface area contributed by atoms with Gasteiger partial charge in [-0.15, -0.1) is 11.3 Å². The highest BCUT2D eigenvalue weighted by Crippen LogP contribution is 2.23. The lowest BCUT2D eigenvalue weighted by Gasteiger charge is -2.23. The summed E-state index contributed by atoms with van der Waals surface area (Å²) in [7, 11) is 5.54. The third kappa shape index (κ3) is 3.95. The molecule has 6 nitrogen and oxygen atoms in total. The summed E-state index contributed by atoms with van der Waals surface area (Å²) in [6, 6.07) is 13.8. The third-order valence-electron chi connectivity index (χ3n) is 4.09. The van der Waals surface area contributed by atoms with Crippen LogP contribution in [-0.2, 0) is 0 Å². The van der Waals surface area contributed by atoms with E-state index in [9.17, 15) is 4.79 Å². The van der Waals surface area contributed by atoms with E-state index in [-0.39, 0.29) is 17.6 Å². The van der Waals surface area contributed by atoms with Crippen molar-refractivity contribution in [2.45, 2.75) is 6.04 Å². The molecule has 0 bridgehead atoms. The van der Waals surface area contributed by atoms with E-state index in [4.69, 9.17) is 4.74 Å². The first kappa shape index (κ1) is 18.2. The molecular formula is C19H22N4O2S. The predicted molar refractivity (Wildman–Crippen MR) is 103 cm³/mol. The lowest BCUT2D eigenvalue weighted by atomic mass is 10.2. The van der Waals surface area contributed by atoms with Gasteiger partial charge in [-0.1, -0.05) is 24.3 Å². The number of benzene rings is 1. The lowest BCUT2D eigenvalue weighted by molar-refractivity contribution is 0.0934. The van der Waals surface area contributed by atoms with Crippen LogP contribution in [0.5, 0.6) is 5.75 Å². The van der Waals surface area contributed by atoms with Gasteiger partial charge in [-0.25, -0.2) is 4.68 Å². The number of hydrogen-bond donors (Lipinski definition) is 1. The Kier molecular flexibility index (Phi) is 5.70. The maximum atomic E-state index is 12.7. The first-order chi connectivity index (χ1) is 12.6. The number of nitrogens with one attached hydrogen (secondary N) is 1. The summed E-state index contributed by atoms with van der Waals surface area (Å²) < 4.78 is 6.99. The molecule has 1 atom stereocenters. The molecule has 136 valence electrons. The van der Waals surface area contributed by atoms with E-state index >= 15 is 0 Å². The zero-order valence-corrected chi connectivity index (χ0v) is 15.9. The molecule has 7 heteroatoms. The molecule has 1 N–H and O–H groups in total. The number of likely N-dealkylation sites (N-methyl/N-ethyl adjacent to an activating group) is 1. The van der Waals surface area contributed by atoms with Crippen molar-refractivity contribution >= 4 is 17.2 Å². The molecule has 1 unspecified atom stereocenters. The monoisotopic (exact) mass is 370 g/mol. The SMILES string of the molecule is COc1cn(-c2ccccc2)nc1C(=O)NCC(c1cccs1)N(C)C. The summed E-state index contributed by atoms with van der Waals surface area (Å²) in [6.07, 6.45) is 1.72. The fourth-order valence-electron chi connectivity index (χ4n) is 2.67. The minimum Gasteiger partial charge on any atom is -0.493 e. The molecule has 0 aliphatic rings. The molecule has 0 aliphatic carbocycles. The first-order valence-corrected chi connectivity index (χ1v) is 9.15. The van der Waals surface area contributed by atoms with Crippen LogP contribution >= 0.6 is 11.3 Å². The van der Waals surface area contributed by atoms with Crippen LogP contribution in [0.4, 0.5) is 0 Å². The molecule has 0 fully saturated rings. The van der Waals surface area contributed by atoms with E-state index in [1.807, 2.05) is 55.9 Å². The Morgan fingerprint density at radius 1 is 1.27 bits per heavy atom. The van der Waals surface area contributed by atoms with Crippen molar-refractivity contribution in [2.24, 2.45) is 0 Å². The zero-order valence-electron chi connectivity index (χ0n) is 15.0. The summed E-state index contributed by atoms with van der Waals surface area (Å²) in [4.78, 5) is 16.0. The maximum Gasteiger partial charge on any atom is 0.275 e. The fourth-order valence-corrected chi connectivity index (χ4v) is 3.59. The lowest BCUT2D eigenvalue weighted by Crippen LogP contribution is -2.34. The Morgan fingerprint density at radius 2 is 2.04 bits per heavy atom. The van der Waals surface area contributed by atoms with Gasteiger partial charge in [0.2, 0.25) is 0 Å². The Morgan fingerprint density at radius 3 is 2.65 bits per heavy atom. The number of nitrogens with zero attached hydrogens (tertiary/aromatic N) is 3. The van der Waals surface area contributed by atoms with E-state index in [1.165, 1.54) is 12.0 Å². The fraction of sp³-hybridized carbons (Fsp3) is 0.263. The number of carbonyl (C=O) groups is 1. The first-order valence-electron chi connectivity index (χ1n) is 8.27. The normalized spacial score (nSPS) is 12.2. The molecular weight excluding hydrogens is 348 g/mol. The van der Waals surface area contributed by atoms with Gasteiger partial charge in [-0.2, -0.15) is 5.10 Å². The molecule has 2 heterocycles. The van der Waals surface area contributed by atoms with E-state index < -0.39 is 0 Å². The molecule has 0 saturated heterocycles. The number of hydrogen-bond acceptors (Lipinski definition) is 5. The van der Waals surface area contributed by atoms with Crippen LogP contribution in [0.1, 0.15) is 21.4 Å². The number of amides is 1. The highest BCUT2D eigenvalue weighted by Gasteiger charge is 2.21. The van der Waals surface area contributed by atoms with Crippen molar-refractivity contribution in [3.63, 3.8) is 0 Å². The smallest absolute Gasteiger partial charge is 0.275 e. The summed E-state index contributed by atoms with van der Waals surface area (Å²) in [5, 5.41) is 9.42. The Balaban J connectivity index is 1.76. The summed E-state index contributed by atoms with van der Waals surface area (Å²) in [6.45, 7) is 0.494. The van der Waals surface area contributed by atoms with E-state index in [0.29, 0.717) is 12.3 Å². The standard InChI is InChI=1S/C19H22N4O2S/c1-22(2)15(17-10-7-11-26-17)12-20-19(24)18-16(25-3)13-23(21-18)14-8-5-4-6-9-14/h4-11,13,15H,12H2,1-3H3,(H,20,24). The number of ether oxygens (including phenoxy) is 1. The molecule has 3 aromatic rings. The third-order valence-corrected chi connectivity index (χ3v) is 5.06. The summed E-state index contributed by atoms with van der Waals surface area (Å²) >= 11 is 1.68. The number of rotatable bonds is 7. The van der Waals surface area contributed by atoms with Crippen molar-refractivity contribution in [2.75, 3.05) is 27.7 Å². The number of para-hydroxylation sites is 1. The highest BCUT2D eigenvalue weighted by molar-refractivity contribution is 7.10. The number of carbonyl (C=O) groups excluding carboxylic acids is 1. The predicted octanol–water partition coefficient (Wildman–Crippen LogP) is 2.98. The van der Waals surface area contributed by atoms with Gasteiger partial charge in [0.25, 0.3) is 5.91 Å². The minimum atomic E-state index is -0.250. The molecule has 1 amide bonds. The van der Waals surface area contributed by atoms with Gasteiger partial charge in [0.15, 0.2) is 11.4 Å². The maximum absolute atomic E-state index is 12.7. The van der Waals surface area contributed by atoms with E-state index in [1.54, 1.807) is 22.2 Å². The van der Waals surface area contributed by atoms with E-state index in [2.05, 4.69) is 21.4 Å². The largest absolute Gasteiger partial charge is 0.493 e. The van der Waals surface area contributed by atoms with Crippen LogP contribution in [0.15, 0.2) is 54.0 Å². The number of thiophene rings is 1. The van der Waals surface area contributed by atoms with Crippen molar-refractivity contribution in [1.82, 2.24) is 20.0 Å². The van der Waals surface area contributed by atoms with Gasteiger partial charge < -0.3 is 15.0 Å². The topological polar surface area (TPSA) is 59.4 Å². The molecule has 0 spiro atoms. The van der Waals surface area contributed by atoms with Crippen molar-refractivity contribution in [1.29, 1.82) is 0 Å². The Hall–Kier alpha value is -2.64. The minimum absolute atomic E-state index is 0.112. The second-order valence-electron chi connectivity index (χ2n) is 6.03. The Labute approximate surface area is 157 Å². The Bertz CT molecular complexity index is 844. The van der Waals surface area contributed by atoms with Crippen LogP contribution in [0.3, 0.4) is 0 Å². The number of aromatic nitrogens is 2. The van der Waals surface area contributed by atoms with Gasteiger partial charge >= 0.3 is 0 Å².